The predicted octanol–water partition coefficient (Wildman–Crippen LogP) is 2.98. The molecule has 0 aliphatic carbocycles. The second-order valence-electron chi connectivity index (χ2n) is 5.71. The number of hydrogen-bond acceptors (Lipinski definition) is 4. The van der Waals surface area contributed by atoms with Crippen molar-refractivity contribution >= 4 is 23.5 Å². The number of benzene rings is 1. The average Bonchev–Trinajstić information content (AvgIpc) is 2.50. The minimum atomic E-state index is -1.06. The molecule has 0 radical (unpaired) electrons. The third kappa shape index (κ3) is 5.03. The van der Waals surface area contributed by atoms with Crippen molar-refractivity contribution in [2.45, 2.75) is 27.2 Å². The third-order valence-corrected chi connectivity index (χ3v) is 3.49. The molecule has 1 aromatic carbocycles. The van der Waals surface area contributed by atoms with E-state index in [4.69, 9.17) is 26.2 Å². The molecule has 0 unspecified atom stereocenters. The van der Waals surface area contributed by atoms with Gasteiger partial charge in [-0.2, -0.15) is 0 Å². The van der Waals surface area contributed by atoms with E-state index >= 15 is 0 Å². The minimum absolute atomic E-state index is 0.00477. The number of carboxylic acid groups (broad SMARTS) is 1. The van der Waals surface area contributed by atoms with Crippen LogP contribution in [0.25, 0.3) is 0 Å². The van der Waals surface area contributed by atoms with Gasteiger partial charge in [0.25, 0.3) is 5.91 Å². The second kappa shape index (κ2) is 8.06. The zero-order valence-corrected chi connectivity index (χ0v) is 14.5. The molecule has 1 rings (SSSR count). The van der Waals surface area contributed by atoms with Crippen LogP contribution >= 0.6 is 11.6 Å². The molecule has 0 bridgehead atoms. The van der Waals surface area contributed by atoms with Crippen molar-refractivity contribution < 1.29 is 24.2 Å². The number of carboxylic acids is 1. The van der Waals surface area contributed by atoms with Gasteiger partial charge in [-0.25, -0.2) is 0 Å². The van der Waals surface area contributed by atoms with Gasteiger partial charge in [0.15, 0.2) is 11.5 Å². The monoisotopic (exact) mass is 343 g/mol. The molecule has 0 heterocycles. The Balaban J connectivity index is 2.94. The number of methoxy groups -OCH3 is 1. The molecule has 2 N–H and O–H groups in total. The summed E-state index contributed by atoms with van der Waals surface area (Å²) in [6, 6.07) is 2.98. The molecule has 1 amide bonds. The molecule has 0 spiro atoms. The first-order chi connectivity index (χ1) is 10.7. The molecule has 1 aromatic rings. The highest BCUT2D eigenvalue weighted by Crippen LogP contribution is 2.36. The number of halogens is 1. The quantitative estimate of drug-likeness (QED) is 0.758. The Hall–Kier alpha value is -1.95. The third-order valence-electron chi connectivity index (χ3n) is 3.21. The number of rotatable bonds is 8. The van der Waals surface area contributed by atoms with Gasteiger partial charge in [0.2, 0.25) is 0 Å². The zero-order chi connectivity index (χ0) is 17.6. The zero-order valence-electron chi connectivity index (χ0n) is 13.7. The molecule has 0 saturated heterocycles. The van der Waals surface area contributed by atoms with Crippen LogP contribution in [0.3, 0.4) is 0 Å². The van der Waals surface area contributed by atoms with Crippen molar-refractivity contribution in [3.63, 3.8) is 0 Å². The molecule has 0 saturated carbocycles. The molecule has 0 atom stereocenters. The fourth-order valence-electron chi connectivity index (χ4n) is 1.67. The fraction of sp³-hybridized carbons (Fsp3) is 0.500. The molecule has 23 heavy (non-hydrogen) atoms. The maximum Gasteiger partial charge on any atom is 0.310 e. The number of ether oxygens (including phenoxy) is 2. The van der Waals surface area contributed by atoms with Gasteiger partial charge in [-0.15, -0.1) is 0 Å². The van der Waals surface area contributed by atoms with Crippen molar-refractivity contribution in [2.75, 3.05) is 20.3 Å². The van der Waals surface area contributed by atoms with Crippen LogP contribution in [0.1, 0.15) is 37.6 Å². The van der Waals surface area contributed by atoms with Crippen molar-refractivity contribution in [1.82, 2.24) is 5.32 Å². The van der Waals surface area contributed by atoms with E-state index in [1.54, 1.807) is 0 Å². The highest BCUT2D eigenvalue weighted by atomic mass is 35.5. The van der Waals surface area contributed by atoms with Crippen LogP contribution in [0.15, 0.2) is 12.1 Å². The molecule has 0 fully saturated rings. The van der Waals surface area contributed by atoms with Gasteiger partial charge in [-0.05, 0) is 32.4 Å². The smallest absolute Gasteiger partial charge is 0.310 e. The lowest BCUT2D eigenvalue weighted by Gasteiger charge is -2.20. The summed E-state index contributed by atoms with van der Waals surface area (Å²) in [7, 11) is 1.46. The van der Waals surface area contributed by atoms with Crippen LogP contribution in [-0.4, -0.2) is 37.2 Å². The van der Waals surface area contributed by atoms with E-state index in [2.05, 4.69) is 5.32 Å². The number of carbonyl (C=O) groups is 2. The van der Waals surface area contributed by atoms with Crippen LogP contribution in [-0.2, 0) is 4.79 Å². The Morgan fingerprint density at radius 3 is 2.52 bits per heavy atom. The number of carbonyl (C=O) groups excluding carboxylic acids is 1. The van der Waals surface area contributed by atoms with E-state index in [-0.39, 0.29) is 17.1 Å². The molecule has 128 valence electrons. The standard InChI is InChI=1S/C16H22ClNO5/c1-5-6-23-13-11(17)7-10(8-12(13)22-4)14(19)18-9-16(2,3)15(20)21/h7-8H,5-6,9H2,1-4H3,(H,18,19)(H,20,21). The van der Waals surface area contributed by atoms with Gasteiger partial charge in [0.05, 0.1) is 24.2 Å². The molecule has 0 aromatic heterocycles. The van der Waals surface area contributed by atoms with Gasteiger partial charge in [0.1, 0.15) is 0 Å². The maximum absolute atomic E-state index is 12.2. The lowest BCUT2D eigenvalue weighted by Crippen LogP contribution is -2.38. The lowest BCUT2D eigenvalue weighted by atomic mass is 9.94. The molecular formula is C16H22ClNO5. The minimum Gasteiger partial charge on any atom is -0.493 e. The normalized spacial score (nSPS) is 11.0. The van der Waals surface area contributed by atoms with Gasteiger partial charge >= 0.3 is 5.97 Å². The largest absolute Gasteiger partial charge is 0.493 e. The van der Waals surface area contributed by atoms with E-state index < -0.39 is 17.3 Å². The molecular weight excluding hydrogens is 322 g/mol. The van der Waals surface area contributed by atoms with E-state index in [9.17, 15) is 9.59 Å². The summed E-state index contributed by atoms with van der Waals surface area (Å²) < 4.78 is 10.7. The van der Waals surface area contributed by atoms with E-state index in [1.165, 1.54) is 33.1 Å². The topological polar surface area (TPSA) is 84.9 Å². The first kappa shape index (κ1) is 19.1. The summed E-state index contributed by atoms with van der Waals surface area (Å²) in [5, 5.41) is 11.9. The van der Waals surface area contributed by atoms with Crippen LogP contribution in [0.2, 0.25) is 5.02 Å². The lowest BCUT2D eigenvalue weighted by molar-refractivity contribution is -0.146. The van der Waals surface area contributed by atoms with Gasteiger partial charge in [-0.1, -0.05) is 18.5 Å². The Labute approximate surface area is 140 Å². The fourth-order valence-corrected chi connectivity index (χ4v) is 1.94. The van der Waals surface area contributed by atoms with Gasteiger partial charge in [-0.3, -0.25) is 9.59 Å². The molecule has 7 heteroatoms. The number of aliphatic carboxylic acids is 1. The first-order valence-corrected chi connectivity index (χ1v) is 7.62. The van der Waals surface area contributed by atoms with Gasteiger partial charge in [0, 0.05) is 12.1 Å². The Morgan fingerprint density at radius 2 is 2.00 bits per heavy atom. The van der Waals surface area contributed by atoms with E-state index in [0.29, 0.717) is 18.1 Å². The van der Waals surface area contributed by atoms with Crippen LogP contribution in [0, 0.1) is 5.41 Å². The highest BCUT2D eigenvalue weighted by molar-refractivity contribution is 6.32. The summed E-state index contributed by atoms with van der Waals surface area (Å²) in [5.74, 6) is -0.676. The van der Waals surface area contributed by atoms with E-state index in [1.807, 2.05) is 6.92 Å². The SMILES string of the molecule is CCCOc1c(Cl)cc(C(=O)NCC(C)(C)C(=O)O)cc1OC. The molecule has 0 aliphatic rings. The molecule has 6 nitrogen and oxygen atoms in total. The Morgan fingerprint density at radius 1 is 1.35 bits per heavy atom. The van der Waals surface area contributed by atoms with Gasteiger partial charge < -0.3 is 19.9 Å². The van der Waals surface area contributed by atoms with Crippen LogP contribution < -0.4 is 14.8 Å². The van der Waals surface area contributed by atoms with Crippen LogP contribution in [0.5, 0.6) is 11.5 Å². The number of nitrogens with one attached hydrogen (secondary N) is 1. The first-order valence-electron chi connectivity index (χ1n) is 7.24. The average molecular weight is 344 g/mol. The summed E-state index contributed by atoms with van der Waals surface area (Å²) in [5.41, 5.74) is -0.787. The highest BCUT2D eigenvalue weighted by Gasteiger charge is 2.28. The maximum atomic E-state index is 12.2. The summed E-state index contributed by atoms with van der Waals surface area (Å²) in [6.45, 7) is 5.51. The molecule has 0 aliphatic heterocycles. The van der Waals surface area contributed by atoms with E-state index in [0.717, 1.165) is 6.42 Å². The van der Waals surface area contributed by atoms with Crippen molar-refractivity contribution in [3.8, 4) is 11.5 Å². The number of amides is 1. The van der Waals surface area contributed by atoms with Crippen LogP contribution in [0.4, 0.5) is 0 Å². The summed E-state index contributed by atoms with van der Waals surface area (Å²) in [6.07, 6.45) is 0.811. The second-order valence-corrected chi connectivity index (χ2v) is 6.12. The van der Waals surface area contributed by atoms with Crippen molar-refractivity contribution in [2.24, 2.45) is 5.41 Å². The van der Waals surface area contributed by atoms with Crippen molar-refractivity contribution in [3.05, 3.63) is 22.7 Å². The summed E-state index contributed by atoms with van der Waals surface area (Å²) in [4.78, 5) is 23.3. The predicted molar refractivity (Wildman–Crippen MR) is 87.5 cm³/mol. The Kier molecular flexibility index (Phi) is 6.69. The Bertz CT molecular complexity index is 586. The number of hydrogen-bond donors (Lipinski definition) is 2. The summed E-state index contributed by atoms with van der Waals surface area (Å²) >= 11 is 6.15. The van der Waals surface area contributed by atoms with Crippen molar-refractivity contribution in [1.29, 1.82) is 0 Å².